The molecule has 0 aliphatic heterocycles. The van der Waals surface area contributed by atoms with E-state index in [4.69, 9.17) is 0 Å². The summed E-state index contributed by atoms with van der Waals surface area (Å²) < 4.78 is 13.0. The molecular weight excluding hydrogens is 249 g/mol. The van der Waals surface area contributed by atoms with Crippen molar-refractivity contribution in [3.63, 3.8) is 0 Å². The van der Waals surface area contributed by atoms with E-state index in [1.807, 2.05) is 12.1 Å². The summed E-state index contributed by atoms with van der Waals surface area (Å²) in [6.07, 6.45) is 3.94. The van der Waals surface area contributed by atoms with Crippen LogP contribution in [0.2, 0.25) is 0 Å². The Morgan fingerprint density at radius 2 is 1.75 bits per heavy atom. The van der Waals surface area contributed by atoms with Gasteiger partial charge in [-0.15, -0.1) is 0 Å². The Morgan fingerprint density at radius 3 is 2.35 bits per heavy atom. The lowest BCUT2D eigenvalue weighted by Gasteiger charge is -2.39. The van der Waals surface area contributed by atoms with Crippen molar-refractivity contribution in [3.8, 4) is 0 Å². The normalized spacial score (nSPS) is 28.6. The molecule has 0 aromatic heterocycles. The zero-order valence-electron chi connectivity index (χ0n) is 13.2. The Balaban J connectivity index is 2.03. The standard InChI is InChI=1S/C18H28FN/c1-12(2)17-10-5-13(3)11-18(17)20-14(4)15-6-8-16(19)9-7-15/h6-9,12-14,17-18,20H,5,10-11H2,1-4H3/t13?,14-,17?,18?/m1/s1. The molecule has 1 aliphatic carbocycles. The van der Waals surface area contributed by atoms with Crippen molar-refractivity contribution in [1.82, 2.24) is 5.32 Å². The maximum Gasteiger partial charge on any atom is 0.123 e. The van der Waals surface area contributed by atoms with Gasteiger partial charge in [0.1, 0.15) is 5.82 Å². The lowest BCUT2D eigenvalue weighted by Crippen LogP contribution is -2.43. The molecule has 2 rings (SSSR count). The summed E-state index contributed by atoms with van der Waals surface area (Å²) in [5, 5.41) is 3.79. The van der Waals surface area contributed by atoms with Crippen LogP contribution in [0.1, 0.15) is 58.6 Å². The van der Waals surface area contributed by atoms with Gasteiger partial charge in [0.25, 0.3) is 0 Å². The third-order valence-electron chi connectivity index (χ3n) is 4.86. The average molecular weight is 277 g/mol. The first-order chi connectivity index (χ1) is 9.47. The molecule has 1 aromatic carbocycles. The fourth-order valence-electron chi connectivity index (χ4n) is 3.56. The minimum atomic E-state index is -0.160. The first-order valence-electron chi connectivity index (χ1n) is 7.99. The SMILES string of the molecule is CC1CCC(C(C)C)C(N[C@H](C)c2ccc(F)cc2)C1. The van der Waals surface area contributed by atoms with Crippen molar-refractivity contribution in [3.05, 3.63) is 35.6 Å². The van der Waals surface area contributed by atoms with Crippen LogP contribution in [0.25, 0.3) is 0 Å². The molecule has 1 saturated carbocycles. The fourth-order valence-corrected chi connectivity index (χ4v) is 3.56. The van der Waals surface area contributed by atoms with Gasteiger partial charge in [0, 0.05) is 12.1 Å². The number of hydrogen-bond acceptors (Lipinski definition) is 1. The van der Waals surface area contributed by atoms with E-state index in [9.17, 15) is 4.39 Å². The number of halogens is 1. The van der Waals surface area contributed by atoms with Crippen LogP contribution in [0.15, 0.2) is 24.3 Å². The molecule has 4 atom stereocenters. The molecule has 1 N–H and O–H groups in total. The molecule has 2 heteroatoms. The van der Waals surface area contributed by atoms with Crippen LogP contribution in [0, 0.1) is 23.6 Å². The zero-order valence-corrected chi connectivity index (χ0v) is 13.2. The van der Waals surface area contributed by atoms with Crippen molar-refractivity contribution >= 4 is 0 Å². The Hall–Kier alpha value is -0.890. The van der Waals surface area contributed by atoms with Crippen molar-refractivity contribution in [2.24, 2.45) is 17.8 Å². The molecule has 0 radical (unpaired) electrons. The highest BCUT2D eigenvalue weighted by Gasteiger charge is 2.31. The molecule has 0 amide bonds. The van der Waals surface area contributed by atoms with E-state index in [-0.39, 0.29) is 11.9 Å². The van der Waals surface area contributed by atoms with Crippen molar-refractivity contribution in [2.45, 2.75) is 59.0 Å². The van der Waals surface area contributed by atoms with E-state index in [0.29, 0.717) is 6.04 Å². The molecule has 3 unspecified atom stereocenters. The van der Waals surface area contributed by atoms with E-state index in [1.165, 1.54) is 24.8 Å². The minimum Gasteiger partial charge on any atom is -0.307 e. The predicted octanol–water partition coefficient (Wildman–Crippen LogP) is 4.94. The largest absolute Gasteiger partial charge is 0.307 e. The van der Waals surface area contributed by atoms with Gasteiger partial charge in [-0.25, -0.2) is 4.39 Å². The number of hydrogen-bond donors (Lipinski definition) is 1. The van der Waals surface area contributed by atoms with Gasteiger partial charge in [0.05, 0.1) is 0 Å². The molecule has 0 saturated heterocycles. The van der Waals surface area contributed by atoms with Crippen LogP contribution in [0.4, 0.5) is 4.39 Å². The van der Waals surface area contributed by atoms with Gasteiger partial charge in [-0.3, -0.25) is 0 Å². The molecule has 1 nitrogen and oxygen atoms in total. The highest BCUT2D eigenvalue weighted by molar-refractivity contribution is 5.19. The maximum absolute atomic E-state index is 13.0. The van der Waals surface area contributed by atoms with Crippen molar-refractivity contribution in [2.75, 3.05) is 0 Å². The lowest BCUT2D eigenvalue weighted by atomic mass is 9.73. The second-order valence-corrected chi connectivity index (χ2v) is 6.87. The van der Waals surface area contributed by atoms with Crippen LogP contribution >= 0.6 is 0 Å². The lowest BCUT2D eigenvalue weighted by molar-refractivity contribution is 0.161. The Morgan fingerprint density at radius 1 is 1.10 bits per heavy atom. The summed E-state index contributed by atoms with van der Waals surface area (Å²) in [7, 11) is 0. The summed E-state index contributed by atoms with van der Waals surface area (Å²) in [6.45, 7) is 9.20. The molecule has 0 spiro atoms. The second kappa shape index (κ2) is 6.71. The van der Waals surface area contributed by atoms with Gasteiger partial charge in [0.15, 0.2) is 0 Å². The molecule has 1 aliphatic rings. The average Bonchev–Trinajstić information content (AvgIpc) is 2.39. The number of benzene rings is 1. The number of rotatable bonds is 4. The van der Waals surface area contributed by atoms with E-state index >= 15 is 0 Å². The van der Waals surface area contributed by atoms with Gasteiger partial charge in [0.2, 0.25) is 0 Å². The topological polar surface area (TPSA) is 12.0 Å². The molecule has 0 heterocycles. The third-order valence-corrected chi connectivity index (χ3v) is 4.86. The van der Waals surface area contributed by atoms with E-state index in [1.54, 1.807) is 12.1 Å². The van der Waals surface area contributed by atoms with Gasteiger partial charge in [-0.1, -0.05) is 39.3 Å². The summed E-state index contributed by atoms with van der Waals surface area (Å²) >= 11 is 0. The molecule has 1 fully saturated rings. The van der Waals surface area contributed by atoms with Crippen LogP contribution in [0.3, 0.4) is 0 Å². The first-order valence-corrected chi connectivity index (χ1v) is 7.99. The van der Waals surface area contributed by atoms with E-state index in [0.717, 1.165) is 17.8 Å². The maximum atomic E-state index is 13.0. The zero-order chi connectivity index (χ0) is 14.7. The van der Waals surface area contributed by atoms with Gasteiger partial charge in [-0.05, 0) is 55.2 Å². The van der Waals surface area contributed by atoms with E-state index in [2.05, 4.69) is 33.0 Å². The summed E-state index contributed by atoms with van der Waals surface area (Å²) in [6, 6.07) is 7.76. The van der Waals surface area contributed by atoms with Gasteiger partial charge < -0.3 is 5.32 Å². The molecule has 20 heavy (non-hydrogen) atoms. The smallest absolute Gasteiger partial charge is 0.123 e. The monoisotopic (exact) mass is 277 g/mol. The van der Waals surface area contributed by atoms with Crippen LogP contribution in [-0.2, 0) is 0 Å². The Bertz CT molecular complexity index is 412. The van der Waals surface area contributed by atoms with E-state index < -0.39 is 0 Å². The molecule has 0 bridgehead atoms. The summed E-state index contributed by atoms with van der Waals surface area (Å²) in [5.74, 6) is 2.13. The molecule has 1 aromatic rings. The van der Waals surface area contributed by atoms with Gasteiger partial charge in [-0.2, -0.15) is 0 Å². The third kappa shape index (κ3) is 3.82. The van der Waals surface area contributed by atoms with Crippen molar-refractivity contribution < 1.29 is 4.39 Å². The predicted molar refractivity (Wildman–Crippen MR) is 83.1 cm³/mol. The molecular formula is C18H28FN. The second-order valence-electron chi connectivity index (χ2n) is 6.87. The minimum absolute atomic E-state index is 0.160. The first kappa shape index (κ1) is 15.5. The Kier molecular flexibility index (Phi) is 5.20. The van der Waals surface area contributed by atoms with Crippen LogP contribution in [0.5, 0.6) is 0 Å². The number of nitrogens with one attached hydrogen (secondary N) is 1. The summed E-state index contributed by atoms with van der Waals surface area (Å²) in [4.78, 5) is 0. The van der Waals surface area contributed by atoms with Crippen LogP contribution in [-0.4, -0.2) is 6.04 Å². The fraction of sp³-hybridized carbons (Fsp3) is 0.667. The van der Waals surface area contributed by atoms with Crippen molar-refractivity contribution in [1.29, 1.82) is 0 Å². The van der Waals surface area contributed by atoms with Crippen LogP contribution < -0.4 is 5.32 Å². The highest BCUT2D eigenvalue weighted by atomic mass is 19.1. The quantitative estimate of drug-likeness (QED) is 0.822. The Labute approximate surface area is 123 Å². The highest BCUT2D eigenvalue weighted by Crippen LogP contribution is 2.34. The molecule has 112 valence electrons. The van der Waals surface area contributed by atoms with Gasteiger partial charge >= 0.3 is 0 Å². The summed E-state index contributed by atoms with van der Waals surface area (Å²) in [5.41, 5.74) is 1.17.